The second-order valence-corrected chi connectivity index (χ2v) is 9.90. The number of carbonyl (C=O) groups excluding carboxylic acids is 1. The maximum atomic E-state index is 13.7. The fourth-order valence-electron chi connectivity index (χ4n) is 4.89. The van der Waals surface area contributed by atoms with Gasteiger partial charge < -0.3 is 24.8 Å². The van der Waals surface area contributed by atoms with Crippen LogP contribution in [0.2, 0.25) is 0 Å². The maximum absolute atomic E-state index is 13.7. The molecule has 2 atom stereocenters. The quantitative estimate of drug-likeness (QED) is 0.466. The predicted octanol–water partition coefficient (Wildman–Crippen LogP) is 6.06. The van der Waals surface area contributed by atoms with Gasteiger partial charge in [-0.25, -0.2) is 0 Å². The van der Waals surface area contributed by atoms with E-state index >= 15 is 0 Å². The van der Waals surface area contributed by atoms with E-state index in [1.54, 1.807) is 32.7 Å². The van der Waals surface area contributed by atoms with Crippen molar-refractivity contribution in [1.82, 2.24) is 0 Å². The molecule has 7 heteroatoms. The highest BCUT2D eigenvalue weighted by molar-refractivity contribution is 7.12. The highest BCUT2D eigenvalue weighted by Crippen LogP contribution is 2.47. The number of ketones is 1. The van der Waals surface area contributed by atoms with Crippen molar-refractivity contribution in [3.63, 3.8) is 0 Å². The van der Waals surface area contributed by atoms with E-state index < -0.39 is 0 Å². The summed E-state index contributed by atoms with van der Waals surface area (Å²) in [4.78, 5) is 16.1. The first kappa shape index (κ1) is 22.3. The molecule has 0 amide bonds. The molecule has 5 rings (SSSR count). The van der Waals surface area contributed by atoms with Crippen LogP contribution in [0.5, 0.6) is 17.2 Å². The van der Waals surface area contributed by atoms with Gasteiger partial charge in [0, 0.05) is 27.4 Å². The lowest BCUT2D eigenvalue weighted by Crippen LogP contribution is -2.26. The normalized spacial score (nSPS) is 19.4. The molecule has 1 aliphatic carbocycles. The average Bonchev–Trinajstić information content (AvgIpc) is 3.20. The van der Waals surface area contributed by atoms with E-state index in [9.17, 15) is 4.79 Å². The summed E-state index contributed by atoms with van der Waals surface area (Å²) >= 11 is 1.72. The summed E-state index contributed by atoms with van der Waals surface area (Å²) < 4.78 is 16.6. The third kappa shape index (κ3) is 3.90. The Morgan fingerprint density at radius 3 is 2.24 bits per heavy atom. The molecule has 2 N–H and O–H groups in total. The number of Topliss-reactive ketones (excluding diaryl/α,β-unsaturated/α-hetero) is 1. The van der Waals surface area contributed by atoms with Gasteiger partial charge in [0.15, 0.2) is 17.3 Å². The van der Waals surface area contributed by atoms with Gasteiger partial charge in [-0.05, 0) is 61.2 Å². The van der Waals surface area contributed by atoms with E-state index in [1.165, 1.54) is 4.88 Å². The lowest BCUT2D eigenvalue weighted by atomic mass is 9.79. The van der Waals surface area contributed by atoms with Crippen molar-refractivity contribution in [2.24, 2.45) is 0 Å². The van der Waals surface area contributed by atoms with E-state index in [1.807, 2.05) is 30.3 Å². The molecule has 0 saturated heterocycles. The van der Waals surface area contributed by atoms with Crippen LogP contribution in [0.3, 0.4) is 0 Å². The van der Waals surface area contributed by atoms with E-state index in [-0.39, 0.29) is 17.7 Å². The molecule has 1 aromatic heterocycles. The van der Waals surface area contributed by atoms with Crippen molar-refractivity contribution >= 4 is 28.5 Å². The highest BCUT2D eigenvalue weighted by Gasteiger charge is 2.37. The second kappa shape index (κ2) is 9.06. The molecule has 1 aliphatic heterocycles. The number of nitrogens with one attached hydrogen (secondary N) is 2. The Kier molecular flexibility index (Phi) is 5.96. The Bertz CT molecular complexity index is 1250. The first-order valence-electron chi connectivity index (χ1n) is 11.3. The van der Waals surface area contributed by atoms with Crippen LogP contribution in [0.15, 0.2) is 59.8 Å². The van der Waals surface area contributed by atoms with Crippen LogP contribution in [-0.4, -0.2) is 27.1 Å². The molecule has 176 valence electrons. The number of benzene rings is 2. The summed E-state index contributed by atoms with van der Waals surface area (Å²) in [6.07, 6.45) is 1.12. The third-order valence-electron chi connectivity index (χ3n) is 6.51. The zero-order chi connectivity index (χ0) is 23.8. The van der Waals surface area contributed by atoms with Gasteiger partial charge in [0.1, 0.15) is 0 Å². The van der Waals surface area contributed by atoms with Gasteiger partial charge in [0.05, 0.1) is 38.7 Å². The summed E-state index contributed by atoms with van der Waals surface area (Å²) in [5.74, 6) is 1.87. The van der Waals surface area contributed by atoms with E-state index in [4.69, 9.17) is 14.2 Å². The molecule has 0 saturated carbocycles. The molecular weight excluding hydrogens is 448 g/mol. The maximum Gasteiger partial charge on any atom is 0.203 e. The molecule has 6 nitrogen and oxygen atoms in total. The van der Waals surface area contributed by atoms with Crippen molar-refractivity contribution < 1.29 is 19.0 Å². The zero-order valence-electron chi connectivity index (χ0n) is 19.7. The number of methoxy groups -OCH3 is 3. The fraction of sp³-hybridized carbons (Fsp3) is 0.296. The largest absolute Gasteiger partial charge is 0.493 e. The Balaban J connectivity index is 1.59. The number of fused-ring (bicyclic) bond motifs is 1. The Morgan fingerprint density at radius 1 is 0.912 bits per heavy atom. The first-order valence-corrected chi connectivity index (χ1v) is 12.1. The van der Waals surface area contributed by atoms with E-state index in [0.717, 1.165) is 33.1 Å². The number of para-hydroxylation sites is 2. The van der Waals surface area contributed by atoms with Gasteiger partial charge in [-0.3, -0.25) is 4.79 Å². The van der Waals surface area contributed by atoms with Crippen molar-refractivity contribution in [2.75, 3.05) is 32.0 Å². The standard InChI is InChI=1S/C27H28N2O4S/c1-15-9-10-24(34-15)26-25-20(28-18-7-5-6-8-19(18)29-26)11-16(12-21(25)30)17-13-22(31-2)27(33-4)23(14-17)32-3/h5-10,13-14,16,26,28-29H,11-12H2,1-4H3/t16-,26+/m0/s1. The number of anilines is 2. The first-order chi connectivity index (χ1) is 16.5. The number of hydrogen-bond acceptors (Lipinski definition) is 7. The Morgan fingerprint density at radius 2 is 1.62 bits per heavy atom. The van der Waals surface area contributed by atoms with Crippen LogP contribution in [0, 0.1) is 6.92 Å². The number of thiophene rings is 1. The summed E-state index contributed by atoms with van der Waals surface area (Å²) in [6, 6.07) is 16.1. The van der Waals surface area contributed by atoms with Gasteiger partial charge in [0.2, 0.25) is 5.75 Å². The van der Waals surface area contributed by atoms with Crippen molar-refractivity contribution in [2.45, 2.75) is 31.7 Å². The third-order valence-corrected chi connectivity index (χ3v) is 7.58. The summed E-state index contributed by atoms with van der Waals surface area (Å²) in [5, 5.41) is 7.23. The number of ether oxygens (including phenoxy) is 3. The predicted molar refractivity (Wildman–Crippen MR) is 136 cm³/mol. The van der Waals surface area contributed by atoms with Crippen molar-refractivity contribution in [3.8, 4) is 17.2 Å². The van der Waals surface area contributed by atoms with Gasteiger partial charge in [-0.15, -0.1) is 11.3 Å². The molecule has 2 aromatic carbocycles. The molecule has 3 aromatic rings. The van der Waals surface area contributed by atoms with E-state index in [0.29, 0.717) is 30.1 Å². The van der Waals surface area contributed by atoms with Gasteiger partial charge in [0.25, 0.3) is 0 Å². The van der Waals surface area contributed by atoms with Gasteiger partial charge in [-0.1, -0.05) is 12.1 Å². The van der Waals surface area contributed by atoms with Crippen LogP contribution in [0.1, 0.15) is 40.1 Å². The number of rotatable bonds is 5. The number of carbonyl (C=O) groups is 1. The van der Waals surface area contributed by atoms with Crippen LogP contribution in [-0.2, 0) is 4.79 Å². The molecule has 0 spiro atoms. The van der Waals surface area contributed by atoms with Crippen LogP contribution < -0.4 is 24.8 Å². The minimum atomic E-state index is -0.182. The lowest BCUT2D eigenvalue weighted by Gasteiger charge is -2.30. The minimum Gasteiger partial charge on any atom is -0.493 e. The molecule has 0 radical (unpaired) electrons. The van der Waals surface area contributed by atoms with Crippen LogP contribution in [0.25, 0.3) is 0 Å². The number of hydrogen-bond donors (Lipinski definition) is 2. The molecule has 2 aliphatic rings. The summed E-state index contributed by atoms with van der Waals surface area (Å²) in [5.41, 5.74) is 4.74. The van der Waals surface area contributed by atoms with Crippen molar-refractivity contribution in [3.05, 3.63) is 75.1 Å². The smallest absolute Gasteiger partial charge is 0.203 e. The molecule has 0 unspecified atom stereocenters. The highest BCUT2D eigenvalue weighted by atomic mass is 32.1. The molecule has 2 heterocycles. The topological polar surface area (TPSA) is 68.8 Å². The van der Waals surface area contributed by atoms with Crippen molar-refractivity contribution in [1.29, 1.82) is 0 Å². The van der Waals surface area contributed by atoms with Crippen LogP contribution >= 0.6 is 11.3 Å². The number of aryl methyl sites for hydroxylation is 1. The molecule has 34 heavy (non-hydrogen) atoms. The molecule has 0 fully saturated rings. The van der Waals surface area contributed by atoms with E-state index in [2.05, 4.69) is 35.8 Å². The van der Waals surface area contributed by atoms with Gasteiger partial charge >= 0.3 is 0 Å². The van der Waals surface area contributed by atoms with Gasteiger partial charge in [-0.2, -0.15) is 0 Å². The second-order valence-electron chi connectivity index (χ2n) is 8.58. The zero-order valence-corrected chi connectivity index (χ0v) is 20.5. The minimum absolute atomic E-state index is 0.0107. The SMILES string of the molecule is COc1cc([C@@H]2CC(=O)C3=C(C2)Nc2ccccc2N[C@@H]3c2ccc(C)s2)cc(OC)c1OC. The monoisotopic (exact) mass is 476 g/mol. The molecular formula is C27H28N2O4S. The van der Waals surface area contributed by atoms with Crippen LogP contribution in [0.4, 0.5) is 11.4 Å². The lowest BCUT2D eigenvalue weighted by molar-refractivity contribution is -0.116. The summed E-state index contributed by atoms with van der Waals surface area (Å²) in [7, 11) is 4.81. The Labute approximate surface area is 203 Å². The number of allylic oxidation sites excluding steroid dienone is 1. The molecule has 0 bridgehead atoms. The average molecular weight is 477 g/mol. The fourth-order valence-corrected chi connectivity index (χ4v) is 5.83. The Hall–Kier alpha value is -3.45. The summed E-state index contributed by atoms with van der Waals surface area (Å²) in [6.45, 7) is 2.09.